The molecule has 0 amide bonds. The van der Waals surface area contributed by atoms with Crippen molar-refractivity contribution >= 4 is 0 Å². The lowest BCUT2D eigenvalue weighted by molar-refractivity contribution is 0.284. The van der Waals surface area contributed by atoms with Gasteiger partial charge in [-0.05, 0) is 12.6 Å². The second kappa shape index (κ2) is 4.61. The van der Waals surface area contributed by atoms with Gasteiger partial charge in [0.25, 0.3) is 0 Å². The average molecular weight is 203 g/mol. The van der Waals surface area contributed by atoms with Gasteiger partial charge in [0, 0.05) is 6.07 Å². The van der Waals surface area contributed by atoms with Crippen LogP contribution in [-0.2, 0) is 0 Å². The van der Waals surface area contributed by atoms with Gasteiger partial charge in [-0.25, -0.2) is 0 Å². The Morgan fingerprint density at radius 2 is 2.13 bits per heavy atom. The lowest BCUT2D eigenvalue weighted by Crippen LogP contribution is -2.14. The van der Waals surface area contributed by atoms with Crippen LogP contribution in [0.25, 0.3) is 11.3 Å². The Bertz CT molecular complexity index is 411. The Hall–Kier alpha value is -1.81. The molecule has 0 aliphatic carbocycles. The number of aromatic nitrogens is 2. The Kier molecular flexibility index (Phi) is 2.99. The minimum absolute atomic E-state index is 0.457. The highest BCUT2D eigenvalue weighted by Gasteiger charge is 2.02. The van der Waals surface area contributed by atoms with Crippen LogP contribution in [0.1, 0.15) is 0 Å². The molecule has 2 N–H and O–H groups in total. The predicted molar refractivity (Wildman–Crippen MR) is 58.6 cm³/mol. The second-order valence-electron chi connectivity index (χ2n) is 3.13. The lowest BCUT2D eigenvalue weighted by atomic mass is 10.2. The molecular weight excluding hydrogens is 190 g/mol. The van der Waals surface area contributed by atoms with Crippen molar-refractivity contribution in [3.63, 3.8) is 0 Å². The maximum absolute atomic E-state index is 5.30. The molecule has 15 heavy (non-hydrogen) atoms. The second-order valence-corrected chi connectivity index (χ2v) is 3.13. The number of rotatable bonds is 4. The third-order valence-electron chi connectivity index (χ3n) is 2.00. The van der Waals surface area contributed by atoms with Crippen molar-refractivity contribution in [1.29, 1.82) is 0 Å². The van der Waals surface area contributed by atoms with E-state index in [0.717, 1.165) is 11.3 Å². The van der Waals surface area contributed by atoms with E-state index in [1.807, 2.05) is 43.4 Å². The van der Waals surface area contributed by atoms with Crippen molar-refractivity contribution in [2.24, 2.45) is 0 Å². The molecule has 0 spiro atoms. The fourth-order valence-corrected chi connectivity index (χ4v) is 1.29. The zero-order valence-corrected chi connectivity index (χ0v) is 8.53. The van der Waals surface area contributed by atoms with E-state index in [1.54, 1.807) is 0 Å². The van der Waals surface area contributed by atoms with Crippen LogP contribution in [0.4, 0.5) is 0 Å². The van der Waals surface area contributed by atoms with Crippen LogP contribution in [0, 0.1) is 0 Å². The van der Waals surface area contributed by atoms with E-state index in [4.69, 9.17) is 4.74 Å². The highest BCUT2D eigenvalue weighted by Crippen LogP contribution is 2.19. The fourth-order valence-electron chi connectivity index (χ4n) is 1.29. The van der Waals surface area contributed by atoms with Crippen LogP contribution in [0.15, 0.2) is 36.4 Å². The molecule has 0 saturated heterocycles. The monoisotopic (exact) mass is 203 g/mol. The first kappa shape index (κ1) is 9.73. The molecule has 1 aromatic carbocycles. The maximum atomic E-state index is 5.30. The van der Waals surface area contributed by atoms with Gasteiger partial charge in [0.2, 0.25) is 5.88 Å². The summed E-state index contributed by atoms with van der Waals surface area (Å²) in [6.45, 7) is 0.457. The Morgan fingerprint density at radius 1 is 1.33 bits per heavy atom. The quantitative estimate of drug-likeness (QED) is 0.742. The van der Waals surface area contributed by atoms with Gasteiger partial charge < -0.3 is 4.74 Å². The van der Waals surface area contributed by atoms with E-state index >= 15 is 0 Å². The van der Waals surface area contributed by atoms with Crippen LogP contribution in [0.2, 0.25) is 0 Å². The summed E-state index contributed by atoms with van der Waals surface area (Å²) in [5, 5.41) is 9.86. The largest absolute Gasteiger partial charge is 0.461 e. The Morgan fingerprint density at radius 3 is 2.87 bits per heavy atom. The summed E-state index contributed by atoms with van der Waals surface area (Å²) in [7, 11) is 1.82. The summed E-state index contributed by atoms with van der Waals surface area (Å²) in [5.74, 6) is 0.600. The molecular formula is C11H13N3O. The van der Waals surface area contributed by atoms with Gasteiger partial charge >= 0.3 is 0 Å². The van der Waals surface area contributed by atoms with E-state index in [1.165, 1.54) is 0 Å². The average Bonchev–Trinajstić information content (AvgIpc) is 2.76. The minimum atomic E-state index is 0.457. The minimum Gasteiger partial charge on any atom is -0.461 e. The SMILES string of the molecule is CNCOc1cc(-c2ccccc2)[nH]n1. The molecule has 0 radical (unpaired) electrons. The summed E-state index contributed by atoms with van der Waals surface area (Å²) < 4.78 is 5.30. The van der Waals surface area contributed by atoms with Crippen molar-refractivity contribution in [3.8, 4) is 17.1 Å². The summed E-state index contributed by atoms with van der Waals surface area (Å²) in [4.78, 5) is 0. The number of nitrogens with one attached hydrogen (secondary N) is 2. The third-order valence-corrected chi connectivity index (χ3v) is 2.00. The number of nitrogens with zero attached hydrogens (tertiary/aromatic N) is 1. The van der Waals surface area contributed by atoms with Crippen molar-refractivity contribution in [1.82, 2.24) is 15.5 Å². The molecule has 0 aliphatic rings. The topological polar surface area (TPSA) is 49.9 Å². The van der Waals surface area contributed by atoms with E-state index in [9.17, 15) is 0 Å². The molecule has 0 bridgehead atoms. The van der Waals surface area contributed by atoms with Gasteiger partial charge in [-0.15, -0.1) is 5.10 Å². The number of H-pyrrole nitrogens is 1. The molecule has 4 nitrogen and oxygen atoms in total. The van der Waals surface area contributed by atoms with Gasteiger partial charge in [-0.2, -0.15) is 0 Å². The first-order valence-electron chi connectivity index (χ1n) is 4.78. The van der Waals surface area contributed by atoms with Crippen LogP contribution < -0.4 is 10.1 Å². The molecule has 78 valence electrons. The molecule has 0 aliphatic heterocycles. The first-order chi connectivity index (χ1) is 7.40. The summed E-state index contributed by atoms with van der Waals surface area (Å²) in [6, 6.07) is 11.9. The number of benzene rings is 1. The molecule has 0 saturated carbocycles. The number of hydrogen-bond acceptors (Lipinski definition) is 3. The van der Waals surface area contributed by atoms with Gasteiger partial charge in [-0.3, -0.25) is 10.4 Å². The van der Waals surface area contributed by atoms with Gasteiger partial charge in [0.15, 0.2) is 0 Å². The normalized spacial score (nSPS) is 10.2. The van der Waals surface area contributed by atoms with Crippen molar-refractivity contribution < 1.29 is 4.74 Å². The van der Waals surface area contributed by atoms with Gasteiger partial charge in [0.05, 0.1) is 5.69 Å². The molecule has 0 fully saturated rings. The number of ether oxygens (including phenoxy) is 1. The third kappa shape index (κ3) is 2.35. The number of hydrogen-bond donors (Lipinski definition) is 2. The Balaban J connectivity index is 2.14. The van der Waals surface area contributed by atoms with Crippen LogP contribution in [0.5, 0.6) is 5.88 Å². The standard InChI is InChI=1S/C11H13N3O/c1-12-8-15-11-7-10(13-14-11)9-5-3-2-4-6-9/h2-7,12H,8H2,1H3,(H,13,14). The van der Waals surface area contributed by atoms with Crippen molar-refractivity contribution in [2.75, 3.05) is 13.8 Å². The van der Waals surface area contributed by atoms with Crippen LogP contribution in [0.3, 0.4) is 0 Å². The first-order valence-corrected chi connectivity index (χ1v) is 4.78. The zero-order valence-electron chi connectivity index (χ0n) is 8.53. The highest BCUT2D eigenvalue weighted by molar-refractivity contribution is 5.59. The molecule has 2 rings (SSSR count). The molecule has 0 unspecified atom stereocenters. The zero-order chi connectivity index (χ0) is 10.5. The maximum Gasteiger partial charge on any atom is 0.234 e. The van der Waals surface area contributed by atoms with Crippen molar-refractivity contribution in [3.05, 3.63) is 36.4 Å². The Labute approximate surface area is 88.3 Å². The molecule has 1 aromatic heterocycles. The van der Waals surface area contributed by atoms with Gasteiger partial charge in [-0.1, -0.05) is 30.3 Å². The smallest absolute Gasteiger partial charge is 0.234 e. The van der Waals surface area contributed by atoms with Crippen LogP contribution in [-0.4, -0.2) is 24.0 Å². The molecule has 4 heteroatoms. The van der Waals surface area contributed by atoms with E-state index in [0.29, 0.717) is 12.6 Å². The summed E-state index contributed by atoms with van der Waals surface area (Å²) in [5.41, 5.74) is 2.06. The van der Waals surface area contributed by atoms with E-state index in [-0.39, 0.29) is 0 Å². The predicted octanol–water partition coefficient (Wildman–Crippen LogP) is 1.63. The summed E-state index contributed by atoms with van der Waals surface area (Å²) >= 11 is 0. The lowest BCUT2D eigenvalue weighted by Gasteiger charge is -1.98. The number of aromatic amines is 1. The highest BCUT2D eigenvalue weighted by atomic mass is 16.5. The molecule has 2 aromatic rings. The van der Waals surface area contributed by atoms with E-state index < -0.39 is 0 Å². The van der Waals surface area contributed by atoms with Crippen LogP contribution >= 0.6 is 0 Å². The summed E-state index contributed by atoms with van der Waals surface area (Å²) in [6.07, 6.45) is 0. The molecule has 1 heterocycles. The van der Waals surface area contributed by atoms with E-state index in [2.05, 4.69) is 15.5 Å². The fraction of sp³-hybridized carbons (Fsp3) is 0.182. The van der Waals surface area contributed by atoms with Crippen molar-refractivity contribution in [2.45, 2.75) is 0 Å². The molecule has 0 atom stereocenters. The van der Waals surface area contributed by atoms with Gasteiger partial charge in [0.1, 0.15) is 6.73 Å².